The number of rotatable bonds is 6. The Bertz CT molecular complexity index is 709. The number of pyridine rings is 1. The number of carbonyl (C=O) groups is 2. The van der Waals surface area contributed by atoms with Crippen LogP contribution in [0.5, 0.6) is 0 Å². The summed E-state index contributed by atoms with van der Waals surface area (Å²) in [5, 5.41) is 0.962. The van der Waals surface area contributed by atoms with Crippen molar-refractivity contribution < 1.29 is 19.1 Å². The number of aromatic nitrogens is 1. The molecule has 0 bridgehead atoms. The minimum absolute atomic E-state index is 0.123. The summed E-state index contributed by atoms with van der Waals surface area (Å²) in [4.78, 5) is 27.4. The second-order valence-corrected chi connectivity index (χ2v) is 4.69. The molecule has 0 atom stereocenters. The molecule has 1 aromatic carbocycles. The summed E-state index contributed by atoms with van der Waals surface area (Å²) >= 11 is 0. The van der Waals surface area contributed by atoms with Gasteiger partial charge in [0.2, 0.25) is 0 Å². The predicted molar refractivity (Wildman–Crippen MR) is 82.2 cm³/mol. The van der Waals surface area contributed by atoms with Gasteiger partial charge in [0.25, 0.3) is 0 Å². The minimum atomic E-state index is -0.549. The Morgan fingerprint density at radius 2 is 2.05 bits per heavy atom. The molecule has 0 saturated heterocycles. The maximum atomic E-state index is 11.8. The Kier molecular flexibility index (Phi) is 5.25. The summed E-state index contributed by atoms with van der Waals surface area (Å²) in [7, 11) is 0. The van der Waals surface area contributed by atoms with Crippen LogP contribution in [0.4, 0.5) is 0 Å². The predicted octanol–water partition coefficient (Wildman–Crippen LogP) is 2.44. The number of benzene rings is 1. The maximum Gasteiger partial charge on any atom is 0.336 e. The Morgan fingerprint density at radius 1 is 1.23 bits per heavy atom. The number of carbonyl (C=O) groups excluding carboxylic acids is 2. The number of fused-ring (bicyclic) bond motifs is 1. The Hall–Kier alpha value is -2.69. The van der Waals surface area contributed by atoms with E-state index >= 15 is 0 Å². The van der Waals surface area contributed by atoms with E-state index in [9.17, 15) is 9.59 Å². The summed E-state index contributed by atoms with van der Waals surface area (Å²) in [6.07, 6.45) is 1.85. The number of nitrogens with zero attached hydrogens (tertiary/aromatic N) is 1. The van der Waals surface area contributed by atoms with Crippen LogP contribution in [0.2, 0.25) is 0 Å². The summed E-state index contributed by atoms with van der Waals surface area (Å²) < 4.78 is 9.80. The first-order valence-electron chi connectivity index (χ1n) is 6.94. The third-order valence-electron chi connectivity index (χ3n) is 2.99. The summed E-state index contributed by atoms with van der Waals surface area (Å²) in [5.41, 5.74) is 1.82. The smallest absolute Gasteiger partial charge is 0.336 e. The topological polar surface area (TPSA) is 65.5 Å². The number of esters is 2. The van der Waals surface area contributed by atoms with Crippen molar-refractivity contribution in [3.05, 3.63) is 54.2 Å². The van der Waals surface area contributed by atoms with Gasteiger partial charge in [0.15, 0.2) is 0 Å². The lowest BCUT2D eigenvalue weighted by Gasteiger charge is -2.07. The lowest BCUT2D eigenvalue weighted by Crippen LogP contribution is -2.15. The van der Waals surface area contributed by atoms with Gasteiger partial charge in [0.05, 0.1) is 24.1 Å². The molecular weight excluding hydrogens is 282 g/mol. The number of hydrogen-bond donors (Lipinski definition) is 0. The standard InChI is InChI=1S/C17H17NO4/c1-3-21-17(20)12(2)11-22-16(19)10-13-6-7-15-14(9-13)5-4-8-18-15/h4-9H,2-3,10-11H2,1H3. The van der Waals surface area contributed by atoms with Crippen LogP contribution in [0, 0.1) is 0 Å². The molecule has 0 unspecified atom stereocenters. The van der Waals surface area contributed by atoms with Crippen LogP contribution < -0.4 is 0 Å². The first-order valence-corrected chi connectivity index (χ1v) is 6.94. The lowest BCUT2D eigenvalue weighted by molar-refractivity contribution is -0.144. The van der Waals surface area contributed by atoms with Crippen molar-refractivity contribution in [2.45, 2.75) is 13.3 Å². The van der Waals surface area contributed by atoms with E-state index in [4.69, 9.17) is 9.47 Å². The van der Waals surface area contributed by atoms with Gasteiger partial charge in [0.1, 0.15) is 6.61 Å². The second kappa shape index (κ2) is 7.36. The van der Waals surface area contributed by atoms with E-state index in [2.05, 4.69) is 11.6 Å². The molecule has 0 radical (unpaired) electrons. The summed E-state index contributed by atoms with van der Waals surface area (Å²) in [6, 6.07) is 9.35. The van der Waals surface area contributed by atoms with Crippen LogP contribution in [-0.2, 0) is 25.5 Å². The van der Waals surface area contributed by atoms with Gasteiger partial charge in [-0.3, -0.25) is 9.78 Å². The fourth-order valence-corrected chi connectivity index (χ4v) is 1.91. The SMILES string of the molecule is C=C(COC(=O)Cc1ccc2ncccc2c1)C(=O)OCC. The second-order valence-electron chi connectivity index (χ2n) is 4.69. The largest absolute Gasteiger partial charge is 0.463 e. The summed E-state index contributed by atoms with van der Waals surface area (Å²) in [6.45, 7) is 5.33. The van der Waals surface area contributed by atoms with Crippen molar-refractivity contribution in [1.82, 2.24) is 4.98 Å². The molecule has 1 heterocycles. The van der Waals surface area contributed by atoms with Crippen LogP contribution in [0.1, 0.15) is 12.5 Å². The first-order chi connectivity index (χ1) is 10.6. The number of hydrogen-bond acceptors (Lipinski definition) is 5. The van der Waals surface area contributed by atoms with Crippen LogP contribution >= 0.6 is 0 Å². The van der Waals surface area contributed by atoms with Crippen LogP contribution in [-0.4, -0.2) is 30.1 Å². The highest BCUT2D eigenvalue weighted by Crippen LogP contribution is 2.14. The van der Waals surface area contributed by atoms with Gasteiger partial charge in [0, 0.05) is 11.6 Å². The molecule has 5 nitrogen and oxygen atoms in total. The van der Waals surface area contributed by atoms with E-state index < -0.39 is 11.9 Å². The van der Waals surface area contributed by atoms with E-state index in [-0.39, 0.29) is 25.2 Å². The van der Waals surface area contributed by atoms with Gasteiger partial charge in [-0.15, -0.1) is 0 Å². The zero-order valence-electron chi connectivity index (χ0n) is 12.4. The average Bonchev–Trinajstić information content (AvgIpc) is 2.52. The van der Waals surface area contributed by atoms with Crippen molar-refractivity contribution in [2.24, 2.45) is 0 Å². The van der Waals surface area contributed by atoms with Crippen LogP contribution in [0.25, 0.3) is 10.9 Å². The maximum absolute atomic E-state index is 11.8. The molecule has 5 heteroatoms. The van der Waals surface area contributed by atoms with Crippen LogP contribution in [0.3, 0.4) is 0 Å². The quantitative estimate of drug-likeness (QED) is 0.605. The molecule has 1 aromatic heterocycles. The minimum Gasteiger partial charge on any atom is -0.463 e. The molecule has 0 aliphatic carbocycles. The Balaban J connectivity index is 1.90. The number of ether oxygens (including phenoxy) is 2. The fraction of sp³-hybridized carbons (Fsp3) is 0.235. The van der Waals surface area contributed by atoms with Gasteiger partial charge in [-0.25, -0.2) is 4.79 Å². The highest BCUT2D eigenvalue weighted by Gasteiger charge is 2.11. The zero-order valence-corrected chi connectivity index (χ0v) is 12.4. The fourth-order valence-electron chi connectivity index (χ4n) is 1.91. The Morgan fingerprint density at radius 3 is 2.82 bits per heavy atom. The van der Waals surface area contributed by atoms with Crippen molar-refractivity contribution >= 4 is 22.8 Å². The third-order valence-corrected chi connectivity index (χ3v) is 2.99. The molecule has 0 aliphatic rings. The monoisotopic (exact) mass is 299 g/mol. The molecule has 2 aromatic rings. The highest BCUT2D eigenvalue weighted by molar-refractivity contribution is 5.88. The first kappa shape index (κ1) is 15.7. The molecular formula is C17H17NO4. The van der Waals surface area contributed by atoms with Crippen LogP contribution in [0.15, 0.2) is 48.7 Å². The van der Waals surface area contributed by atoms with Gasteiger partial charge < -0.3 is 9.47 Å². The van der Waals surface area contributed by atoms with Gasteiger partial charge in [-0.2, -0.15) is 0 Å². The molecule has 0 spiro atoms. The van der Waals surface area contributed by atoms with E-state index in [1.165, 1.54) is 0 Å². The van der Waals surface area contributed by atoms with Crippen molar-refractivity contribution in [3.63, 3.8) is 0 Å². The van der Waals surface area contributed by atoms with Crippen molar-refractivity contribution in [1.29, 1.82) is 0 Å². The van der Waals surface area contributed by atoms with E-state index in [1.54, 1.807) is 13.1 Å². The van der Waals surface area contributed by atoms with E-state index in [0.29, 0.717) is 0 Å². The third kappa shape index (κ3) is 4.15. The molecule has 0 aliphatic heterocycles. The highest BCUT2D eigenvalue weighted by atomic mass is 16.5. The molecule has 22 heavy (non-hydrogen) atoms. The molecule has 114 valence electrons. The average molecular weight is 299 g/mol. The molecule has 2 rings (SSSR count). The lowest BCUT2D eigenvalue weighted by atomic mass is 10.1. The normalized spacial score (nSPS) is 10.2. The van der Waals surface area contributed by atoms with Gasteiger partial charge in [-0.1, -0.05) is 18.7 Å². The zero-order chi connectivity index (χ0) is 15.9. The van der Waals surface area contributed by atoms with E-state index in [1.807, 2.05) is 30.3 Å². The molecule has 0 N–H and O–H groups in total. The molecule has 0 fully saturated rings. The van der Waals surface area contributed by atoms with Gasteiger partial charge in [-0.05, 0) is 30.7 Å². The molecule has 0 saturated carbocycles. The van der Waals surface area contributed by atoms with Crippen molar-refractivity contribution in [2.75, 3.05) is 13.2 Å². The van der Waals surface area contributed by atoms with E-state index in [0.717, 1.165) is 16.5 Å². The Labute approximate surface area is 128 Å². The van der Waals surface area contributed by atoms with Crippen molar-refractivity contribution in [3.8, 4) is 0 Å². The molecule has 0 amide bonds. The summed E-state index contributed by atoms with van der Waals surface area (Å²) in [5.74, 6) is -0.972. The van der Waals surface area contributed by atoms with Gasteiger partial charge >= 0.3 is 11.9 Å².